The van der Waals surface area contributed by atoms with Crippen LogP contribution in [0, 0.1) is 11.8 Å². The molecule has 0 spiro atoms. The minimum atomic E-state index is -0.446. The van der Waals surface area contributed by atoms with Crippen LogP contribution in [0.3, 0.4) is 0 Å². The summed E-state index contributed by atoms with van der Waals surface area (Å²) in [6.45, 7) is 1.98. The number of aliphatic hydroxyl groups is 1. The number of rotatable bonds is 3. The van der Waals surface area contributed by atoms with Gasteiger partial charge < -0.3 is 15.7 Å². The number of nitrogens with zero attached hydrogens (tertiary/aromatic N) is 1. The summed E-state index contributed by atoms with van der Waals surface area (Å²) in [4.78, 5) is 12.4. The third kappa shape index (κ3) is 3.27. The van der Waals surface area contributed by atoms with E-state index in [1.165, 1.54) is 0 Å². The van der Waals surface area contributed by atoms with Crippen molar-refractivity contribution in [3.8, 4) is 0 Å². The van der Waals surface area contributed by atoms with Crippen molar-refractivity contribution >= 4 is 29.2 Å². The number of carbonyl (C=O) groups excluding carboxylic acids is 1. The number of aromatic nitrogens is 2. The number of nitrogens with one attached hydrogen (secondary N) is 3. The number of H-pyrrole nitrogens is 1. The van der Waals surface area contributed by atoms with E-state index in [9.17, 15) is 9.90 Å². The molecule has 0 radical (unpaired) electrons. The zero-order valence-electron chi connectivity index (χ0n) is 13.4. The predicted molar refractivity (Wildman–Crippen MR) is 94.1 cm³/mol. The Kier molecular flexibility index (Phi) is 5.08. The molecule has 4 rings (SSSR count). The van der Waals surface area contributed by atoms with Crippen LogP contribution in [-0.2, 0) is 11.2 Å². The number of fused-ring (bicyclic) bond motifs is 2. The third-order valence-electron chi connectivity index (χ3n) is 5.27. The number of halogens is 1. The van der Waals surface area contributed by atoms with Crippen molar-refractivity contribution in [1.82, 2.24) is 20.8 Å². The number of amides is 1. The van der Waals surface area contributed by atoms with Gasteiger partial charge in [-0.25, -0.2) is 0 Å². The summed E-state index contributed by atoms with van der Waals surface area (Å²) in [5, 5.41) is 24.8. The largest absolute Gasteiger partial charge is 0.391 e. The Morgan fingerprint density at radius 3 is 2.83 bits per heavy atom. The maximum Gasteiger partial charge on any atom is 0.226 e. The number of para-hydroxylation sites is 1. The Hall–Kier alpha value is -1.63. The number of hydrogen-bond donors (Lipinski definition) is 4. The highest BCUT2D eigenvalue weighted by molar-refractivity contribution is 5.87. The maximum atomic E-state index is 12.4. The van der Waals surface area contributed by atoms with Crippen molar-refractivity contribution in [3.05, 3.63) is 30.0 Å². The molecule has 4 N–H and O–H groups in total. The molecule has 2 heterocycles. The van der Waals surface area contributed by atoms with E-state index in [2.05, 4.69) is 20.8 Å². The molecule has 1 saturated heterocycles. The molecule has 0 bridgehead atoms. The van der Waals surface area contributed by atoms with E-state index in [1.54, 1.807) is 0 Å². The monoisotopic (exact) mass is 350 g/mol. The summed E-state index contributed by atoms with van der Waals surface area (Å²) in [6.07, 6.45) is 1.44. The van der Waals surface area contributed by atoms with Crippen molar-refractivity contribution in [1.29, 1.82) is 0 Å². The molecule has 24 heavy (non-hydrogen) atoms. The Labute approximate surface area is 146 Å². The van der Waals surface area contributed by atoms with Gasteiger partial charge in [-0.2, -0.15) is 5.10 Å². The van der Waals surface area contributed by atoms with Gasteiger partial charge in [0.1, 0.15) is 0 Å². The number of hydrogen-bond acceptors (Lipinski definition) is 4. The number of aromatic amines is 1. The molecule has 2 fully saturated rings. The number of carbonyl (C=O) groups is 1. The summed E-state index contributed by atoms with van der Waals surface area (Å²) in [5.41, 5.74) is 1.69. The van der Waals surface area contributed by atoms with Crippen molar-refractivity contribution in [2.45, 2.75) is 31.4 Å². The summed E-state index contributed by atoms with van der Waals surface area (Å²) in [7, 11) is 0. The molecular weight excluding hydrogens is 328 g/mol. The Morgan fingerprint density at radius 1 is 1.25 bits per heavy atom. The molecule has 1 saturated carbocycles. The Morgan fingerprint density at radius 2 is 2.00 bits per heavy atom. The van der Waals surface area contributed by atoms with Crippen LogP contribution < -0.4 is 10.6 Å². The van der Waals surface area contributed by atoms with Crippen molar-refractivity contribution in [2.75, 3.05) is 13.1 Å². The minimum absolute atomic E-state index is 0. The molecule has 130 valence electrons. The topological polar surface area (TPSA) is 90.0 Å². The van der Waals surface area contributed by atoms with Crippen molar-refractivity contribution in [2.24, 2.45) is 11.8 Å². The lowest BCUT2D eigenvalue weighted by Crippen LogP contribution is -2.49. The summed E-state index contributed by atoms with van der Waals surface area (Å²) in [6, 6.07) is 7.61. The van der Waals surface area contributed by atoms with Crippen LogP contribution in [0.25, 0.3) is 10.9 Å². The minimum Gasteiger partial charge on any atom is -0.391 e. The highest BCUT2D eigenvalue weighted by Crippen LogP contribution is 2.32. The van der Waals surface area contributed by atoms with E-state index in [1.807, 2.05) is 24.3 Å². The molecule has 2 aliphatic rings. The lowest BCUT2D eigenvalue weighted by Gasteiger charge is -2.35. The smallest absolute Gasteiger partial charge is 0.226 e. The maximum absolute atomic E-state index is 12.4. The van der Waals surface area contributed by atoms with Gasteiger partial charge in [-0.15, -0.1) is 12.4 Å². The van der Waals surface area contributed by atoms with Gasteiger partial charge in [-0.3, -0.25) is 9.89 Å². The number of aliphatic hydroxyl groups excluding tert-OH is 1. The second kappa shape index (κ2) is 7.09. The molecule has 0 unspecified atom stereocenters. The van der Waals surface area contributed by atoms with Crippen LogP contribution in [0.2, 0.25) is 0 Å². The van der Waals surface area contributed by atoms with E-state index >= 15 is 0 Å². The third-order valence-corrected chi connectivity index (χ3v) is 5.27. The van der Waals surface area contributed by atoms with E-state index in [0.29, 0.717) is 11.8 Å². The molecule has 1 aliphatic carbocycles. The Bertz CT molecular complexity index is 719. The van der Waals surface area contributed by atoms with Crippen molar-refractivity contribution in [3.63, 3.8) is 0 Å². The zero-order chi connectivity index (χ0) is 15.8. The SMILES string of the molecule is Cl.O=C(Cc1[nH]nc2ccccc12)N[C@H]1C[C@H]2CNC[C@H]2C[C@@H]1O. The second-order valence-electron chi connectivity index (χ2n) is 6.79. The van der Waals surface area contributed by atoms with Crippen molar-refractivity contribution < 1.29 is 9.90 Å². The van der Waals surface area contributed by atoms with E-state index in [4.69, 9.17) is 0 Å². The average Bonchev–Trinajstić information content (AvgIpc) is 3.15. The normalized spacial score (nSPS) is 29.0. The fourth-order valence-corrected chi connectivity index (χ4v) is 4.02. The quantitative estimate of drug-likeness (QED) is 0.665. The molecule has 1 aromatic heterocycles. The summed E-state index contributed by atoms with van der Waals surface area (Å²) < 4.78 is 0. The van der Waals surface area contributed by atoms with Gasteiger partial charge >= 0.3 is 0 Å². The highest BCUT2D eigenvalue weighted by Gasteiger charge is 2.39. The lowest BCUT2D eigenvalue weighted by atomic mass is 9.77. The van der Waals surface area contributed by atoms with Gasteiger partial charge in [0.2, 0.25) is 5.91 Å². The molecular formula is C17H23ClN4O2. The van der Waals surface area contributed by atoms with Gasteiger partial charge in [0.05, 0.1) is 29.8 Å². The van der Waals surface area contributed by atoms with E-state index in [-0.39, 0.29) is 30.8 Å². The van der Waals surface area contributed by atoms with Crippen LogP contribution >= 0.6 is 12.4 Å². The molecule has 1 aliphatic heterocycles. The molecule has 7 heteroatoms. The fraction of sp³-hybridized carbons (Fsp3) is 0.529. The predicted octanol–water partition coefficient (Wildman–Crippen LogP) is 1.00. The molecule has 1 aromatic carbocycles. The molecule has 4 atom stereocenters. The van der Waals surface area contributed by atoms with E-state index in [0.717, 1.165) is 42.5 Å². The van der Waals surface area contributed by atoms with Crippen LogP contribution in [-0.4, -0.2) is 46.4 Å². The van der Waals surface area contributed by atoms with Gasteiger partial charge in [0.25, 0.3) is 0 Å². The van der Waals surface area contributed by atoms with Crippen LogP contribution in [0.15, 0.2) is 24.3 Å². The first-order valence-electron chi connectivity index (χ1n) is 8.31. The van der Waals surface area contributed by atoms with Gasteiger partial charge in [-0.1, -0.05) is 18.2 Å². The van der Waals surface area contributed by atoms with Crippen LogP contribution in [0.5, 0.6) is 0 Å². The first kappa shape index (κ1) is 17.2. The lowest BCUT2D eigenvalue weighted by molar-refractivity contribution is -0.122. The Balaban J connectivity index is 0.00000169. The number of benzene rings is 1. The molecule has 1 amide bonds. The molecule has 6 nitrogen and oxygen atoms in total. The van der Waals surface area contributed by atoms with Gasteiger partial charge in [0.15, 0.2) is 0 Å². The zero-order valence-corrected chi connectivity index (χ0v) is 14.2. The highest BCUT2D eigenvalue weighted by atomic mass is 35.5. The first-order chi connectivity index (χ1) is 11.2. The van der Waals surface area contributed by atoms with Gasteiger partial charge in [-0.05, 0) is 43.8 Å². The van der Waals surface area contributed by atoms with Crippen LogP contribution in [0.1, 0.15) is 18.5 Å². The first-order valence-corrected chi connectivity index (χ1v) is 8.31. The standard InChI is InChI=1S/C17H22N4O2.ClH/c22-16-6-11-9-18-8-10(11)5-15(16)19-17(23)7-14-12-3-1-2-4-13(12)20-21-14;/h1-4,10-11,15-16,18,22H,5-9H2,(H,19,23)(H,20,21);1H/t10-,11+,15-,16-;/m0./s1. The summed E-state index contributed by atoms with van der Waals surface area (Å²) in [5.74, 6) is 1.05. The fourth-order valence-electron chi connectivity index (χ4n) is 4.02. The summed E-state index contributed by atoms with van der Waals surface area (Å²) >= 11 is 0. The average molecular weight is 351 g/mol. The van der Waals surface area contributed by atoms with Crippen LogP contribution in [0.4, 0.5) is 0 Å². The second-order valence-corrected chi connectivity index (χ2v) is 6.79. The van der Waals surface area contributed by atoms with E-state index < -0.39 is 6.10 Å². The van der Waals surface area contributed by atoms with Gasteiger partial charge in [0, 0.05) is 5.39 Å². The molecule has 2 aromatic rings.